The van der Waals surface area contributed by atoms with Crippen molar-refractivity contribution >= 4 is 48.9 Å². The summed E-state index contributed by atoms with van der Waals surface area (Å²) in [5, 5.41) is 18.4. The highest BCUT2D eigenvalue weighted by atomic mass is 31.2. The maximum absolute atomic E-state index is 12.0. The van der Waals surface area contributed by atoms with E-state index in [0.29, 0.717) is 20.8 Å². The van der Waals surface area contributed by atoms with Crippen LogP contribution in [0.1, 0.15) is 27.2 Å². The van der Waals surface area contributed by atoms with Crippen LogP contribution in [0.3, 0.4) is 0 Å². The van der Waals surface area contributed by atoms with E-state index in [1.165, 1.54) is 0 Å². The van der Waals surface area contributed by atoms with Gasteiger partial charge < -0.3 is 10.2 Å². The van der Waals surface area contributed by atoms with E-state index in [1.807, 2.05) is 0 Å². The second-order valence-electron chi connectivity index (χ2n) is 4.87. The predicted molar refractivity (Wildman–Crippen MR) is 78.0 cm³/mol. The first-order valence-electron chi connectivity index (χ1n) is 6.93. The van der Waals surface area contributed by atoms with Crippen molar-refractivity contribution in [2.45, 2.75) is 33.0 Å². The second-order valence-corrected chi connectivity index (χ2v) is 6.21. The van der Waals surface area contributed by atoms with Gasteiger partial charge in [-0.3, -0.25) is 33.8 Å². The fourth-order valence-corrected chi connectivity index (χ4v) is 1.41. The van der Waals surface area contributed by atoms with Crippen LogP contribution in [-0.2, 0) is 66.8 Å². The van der Waals surface area contributed by atoms with Crippen LogP contribution < -0.4 is 0 Å². The molecule has 0 fully saturated rings. The van der Waals surface area contributed by atoms with E-state index in [2.05, 4.69) is 28.7 Å². The largest absolute Gasteiger partial charge is 0.584 e. The molecule has 0 radical (unpaired) electrons. The van der Waals surface area contributed by atoms with E-state index in [4.69, 9.17) is 0 Å². The molecule has 0 amide bonds. The zero-order chi connectivity index (χ0) is 23.0. The van der Waals surface area contributed by atoms with Crippen molar-refractivity contribution in [3.05, 3.63) is 0 Å². The molecule has 0 aliphatic carbocycles. The molecule has 0 saturated heterocycles. The summed E-state index contributed by atoms with van der Waals surface area (Å²) in [5.74, 6) is -14.5. The lowest BCUT2D eigenvalue weighted by Gasteiger charge is -2.16. The van der Waals surface area contributed by atoms with Gasteiger partial charge in [-0.1, -0.05) is 14.0 Å². The van der Waals surface area contributed by atoms with Crippen LogP contribution in [-0.4, -0.2) is 57.0 Å². The molecule has 2 N–H and O–H groups in total. The van der Waals surface area contributed by atoms with E-state index < -0.39 is 61.1 Å². The molecular weight excluding hydrogens is 431 g/mol. The first-order chi connectivity index (χ1) is 13.1. The molecule has 0 spiro atoms. The molecule has 0 aliphatic rings. The normalized spacial score (nSPS) is 11.2. The van der Waals surface area contributed by atoms with Crippen molar-refractivity contribution in [3.8, 4) is 0 Å². The van der Waals surface area contributed by atoms with Gasteiger partial charge in [0.05, 0.1) is 6.42 Å². The third kappa shape index (κ3) is 9.24. The Balaban J connectivity index is 5.14. The van der Waals surface area contributed by atoms with Crippen molar-refractivity contribution in [2.24, 2.45) is 0 Å². The molecule has 0 rings (SSSR count). The minimum Gasteiger partial charge on any atom is -0.359 e. The molecular formula is C12H13O16P. The van der Waals surface area contributed by atoms with Gasteiger partial charge >= 0.3 is 25.7 Å². The number of rotatable bonds is 12. The summed E-state index contributed by atoms with van der Waals surface area (Å²) in [7, 11) is -5.55. The number of carbonyl (C=O) groups is 7. The third-order valence-corrected chi connectivity index (χ3v) is 3.16. The van der Waals surface area contributed by atoms with Crippen molar-refractivity contribution in [3.63, 3.8) is 0 Å². The monoisotopic (exact) mass is 444 g/mol. The molecule has 29 heavy (non-hydrogen) atoms. The number of ketones is 4. The molecule has 0 saturated carbocycles. The Labute approximate surface area is 159 Å². The molecule has 0 aromatic heterocycles. The van der Waals surface area contributed by atoms with Gasteiger partial charge in [-0.2, -0.15) is 0 Å². The Morgan fingerprint density at radius 2 is 1.07 bits per heavy atom. The summed E-state index contributed by atoms with van der Waals surface area (Å²) >= 11 is 0. The summed E-state index contributed by atoms with van der Waals surface area (Å²) in [6.07, 6.45) is -1.50. The van der Waals surface area contributed by atoms with Crippen LogP contribution in [0.4, 0.5) is 0 Å². The average molecular weight is 444 g/mol. The lowest BCUT2D eigenvalue weighted by molar-refractivity contribution is -0.293. The molecule has 0 heterocycles. The molecule has 0 aromatic rings. The zero-order valence-corrected chi connectivity index (χ0v) is 15.7. The Kier molecular flexibility index (Phi) is 9.55. The van der Waals surface area contributed by atoms with Crippen LogP contribution in [0.25, 0.3) is 0 Å². The molecule has 0 aromatic carbocycles. The Bertz CT molecular complexity index is 745. The zero-order valence-electron chi connectivity index (χ0n) is 14.8. The van der Waals surface area contributed by atoms with Gasteiger partial charge in [-0.05, 0) is 0 Å². The van der Waals surface area contributed by atoms with Crippen molar-refractivity contribution in [1.82, 2.24) is 0 Å². The van der Waals surface area contributed by atoms with Crippen molar-refractivity contribution in [1.29, 1.82) is 0 Å². The van der Waals surface area contributed by atoms with Crippen molar-refractivity contribution < 1.29 is 77.0 Å². The first kappa shape index (κ1) is 26.1. The molecule has 0 aliphatic heterocycles. The second kappa shape index (κ2) is 10.6. The van der Waals surface area contributed by atoms with Gasteiger partial charge in [0.25, 0.3) is 0 Å². The highest BCUT2D eigenvalue weighted by molar-refractivity contribution is 7.48. The Hall–Kier alpha value is -2.88. The maximum Gasteiger partial charge on any atom is 0.584 e. The molecule has 0 unspecified atom stereocenters. The van der Waals surface area contributed by atoms with Crippen LogP contribution in [0.15, 0.2) is 0 Å². The molecule has 162 valence electrons. The van der Waals surface area contributed by atoms with Crippen LogP contribution in [0.5, 0.6) is 0 Å². The lowest BCUT2D eigenvalue weighted by atomic mass is 10.1. The van der Waals surface area contributed by atoms with E-state index in [-0.39, 0.29) is 0 Å². The van der Waals surface area contributed by atoms with E-state index in [1.54, 1.807) is 0 Å². The van der Waals surface area contributed by atoms with E-state index in [0.717, 1.165) is 0 Å². The van der Waals surface area contributed by atoms with Gasteiger partial charge in [0.1, 0.15) is 0 Å². The van der Waals surface area contributed by atoms with Crippen LogP contribution in [0.2, 0.25) is 0 Å². The minimum absolute atomic E-state index is 0.678. The summed E-state index contributed by atoms with van der Waals surface area (Å²) in [6.45, 7) is 2.06. The first-order valence-corrected chi connectivity index (χ1v) is 8.39. The Morgan fingerprint density at radius 1 is 0.724 bits per heavy atom. The summed E-state index contributed by atoms with van der Waals surface area (Å²) in [5.41, 5.74) is 0. The van der Waals surface area contributed by atoms with Gasteiger partial charge in [-0.15, -0.1) is 0 Å². The number of phosphoric acid groups is 1. The highest BCUT2D eigenvalue weighted by Gasteiger charge is 2.41. The van der Waals surface area contributed by atoms with Crippen LogP contribution >= 0.6 is 7.82 Å². The minimum atomic E-state index is -5.55. The molecule has 16 nitrogen and oxygen atoms in total. The van der Waals surface area contributed by atoms with E-state index >= 15 is 0 Å². The average Bonchev–Trinajstić information content (AvgIpc) is 2.61. The molecule has 0 bridgehead atoms. The standard InChI is InChI=1S/C12H13O16P/c1-5(13)9(17)23-26-29(22,27-24-10(18)6(2)14)28-25-11(19)8(16)4-12(20,21)7(3)15/h20-21H,4H2,1-3H3. The summed E-state index contributed by atoms with van der Waals surface area (Å²) in [4.78, 5) is 88.1. The third-order valence-electron chi connectivity index (χ3n) is 2.39. The van der Waals surface area contributed by atoms with Gasteiger partial charge in [0, 0.05) is 20.8 Å². The van der Waals surface area contributed by atoms with E-state index in [9.17, 15) is 48.3 Å². The number of hydrogen-bond acceptors (Lipinski definition) is 16. The fraction of sp³-hybridized carbons (Fsp3) is 0.417. The lowest BCUT2D eigenvalue weighted by Crippen LogP contribution is -2.40. The number of carbonyl (C=O) groups excluding carboxylic acids is 7. The quantitative estimate of drug-likeness (QED) is 0.108. The SMILES string of the molecule is CC(=O)C(=O)OOP(=O)(OOC(=O)C(C)=O)OOC(=O)C(=O)CC(O)(O)C(C)=O. The summed E-state index contributed by atoms with van der Waals surface area (Å²) in [6, 6.07) is 0. The van der Waals surface area contributed by atoms with Crippen molar-refractivity contribution in [2.75, 3.05) is 0 Å². The Morgan fingerprint density at radius 3 is 1.38 bits per heavy atom. The highest BCUT2D eigenvalue weighted by Crippen LogP contribution is 2.50. The maximum atomic E-state index is 12.0. The van der Waals surface area contributed by atoms with Crippen LogP contribution in [0, 0.1) is 0 Å². The number of hydrogen-bond donors (Lipinski definition) is 2. The topological polar surface area (TPSA) is 232 Å². The number of Topliss-reactive ketones (excluding diaryl/α,β-unsaturated/α-hetero) is 4. The van der Waals surface area contributed by atoms with Gasteiger partial charge in [0.15, 0.2) is 5.78 Å². The molecule has 0 atom stereocenters. The number of aliphatic hydroxyl groups is 2. The smallest absolute Gasteiger partial charge is 0.359 e. The summed E-state index contributed by atoms with van der Waals surface area (Å²) < 4.78 is 23.3. The van der Waals surface area contributed by atoms with Gasteiger partial charge in [0.2, 0.25) is 23.1 Å². The predicted octanol–water partition coefficient (Wildman–Crippen LogP) is -2.07. The van der Waals surface area contributed by atoms with Gasteiger partial charge in [-0.25, -0.2) is 18.9 Å². The fourth-order valence-electron chi connectivity index (χ4n) is 0.860. The molecule has 17 heteroatoms.